The number of halogens is 1. The Kier molecular flexibility index (Phi) is 6.46. The molecule has 0 saturated carbocycles. The first-order valence-corrected chi connectivity index (χ1v) is 8.67. The standard InChI is InChI=1S/C19H23ClN2OS/c1-12(2)18(15-8-6-5-7-13(15)3)22-19(24)21-14-9-10-17(23-4)16(20)11-14/h5-12,18H,1-4H3,(H2,21,22,24)/t18-/m1/s1. The van der Waals surface area contributed by atoms with Gasteiger partial charge in [-0.05, 0) is 54.4 Å². The fourth-order valence-electron chi connectivity index (χ4n) is 2.59. The summed E-state index contributed by atoms with van der Waals surface area (Å²) in [5.41, 5.74) is 3.33. The van der Waals surface area contributed by atoms with Crippen molar-refractivity contribution in [3.8, 4) is 5.75 Å². The van der Waals surface area contributed by atoms with E-state index in [1.54, 1.807) is 13.2 Å². The lowest BCUT2D eigenvalue weighted by Gasteiger charge is -2.26. The number of thiocarbonyl (C=S) groups is 1. The number of benzene rings is 2. The van der Waals surface area contributed by atoms with Crippen molar-refractivity contribution < 1.29 is 4.74 Å². The SMILES string of the molecule is COc1ccc(NC(=S)N[C@@H](c2ccccc2C)C(C)C)cc1Cl. The summed E-state index contributed by atoms with van der Waals surface area (Å²) >= 11 is 11.6. The zero-order valence-electron chi connectivity index (χ0n) is 14.4. The zero-order valence-corrected chi connectivity index (χ0v) is 16.0. The predicted octanol–water partition coefficient (Wildman–Crippen LogP) is 5.34. The van der Waals surface area contributed by atoms with Crippen molar-refractivity contribution in [1.29, 1.82) is 0 Å². The summed E-state index contributed by atoms with van der Waals surface area (Å²) in [5.74, 6) is 1.03. The van der Waals surface area contributed by atoms with Gasteiger partial charge in [0.15, 0.2) is 5.11 Å². The summed E-state index contributed by atoms with van der Waals surface area (Å²) < 4.78 is 5.16. The molecule has 0 aromatic heterocycles. The highest BCUT2D eigenvalue weighted by molar-refractivity contribution is 7.80. The second kappa shape index (κ2) is 8.36. The van der Waals surface area contributed by atoms with Gasteiger partial charge < -0.3 is 15.4 Å². The Hall–Kier alpha value is -1.78. The number of aryl methyl sites for hydroxylation is 1. The van der Waals surface area contributed by atoms with E-state index in [1.807, 2.05) is 18.2 Å². The first-order chi connectivity index (χ1) is 11.4. The van der Waals surface area contributed by atoms with Gasteiger partial charge in [-0.15, -0.1) is 0 Å². The second-order valence-corrected chi connectivity index (χ2v) is 6.84. The highest BCUT2D eigenvalue weighted by Crippen LogP contribution is 2.28. The average Bonchev–Trinajstić information content (AvgIpc) is 2.53. The third kappa shape index (κ3) is 4.62. The summed E-state index contributed by atoms with van der Waals surface area (Å²) in [6, 6.07) is 14.0. The number of rotatable bonds is 5. The van der Waals surface area contributed by atoms with E-state index in [4.69, 9.17) is 28.6 Å². The first-order valence-electron chi connectivity index (χ1n) is 7.89. The molecule has 0 saturated heterocycles. The quantitative estimate of drug-likeness (QED) is 0.703. The molecule has 24 heavy (non-hydrogen) atoms. The Morgan fingerprint density at radius 1 is 1.17 bits per heavy atom. The number of nitrogens with one attached hydrogen (secondary N) is 2. The van der Waals surface area contributed by atoms with E-state index in [2.05, 4.69) is 49.6 Å². The van der Waals surface area contributed by atoms with Crippen molar-refractivity contribution in [2.45, 2.75) is 26.8 Å². The highest BCUT2D eigenvalue weighted by atomic mass is 35.5. The topological polar surface area (TPSA) is 33.3 Å². The van der Waals surface area contributed by atoms with Crippen LogP contribution in [-0.4, -0.2) is 12.2 Å². The van der Waals surface area contributed by atoms with Crippen LogP contribution < -0.4 is 15.4 Å². The largest absolute Gasteiger partial charge is 0.495 e. The monoisotopic (exact) mass is 362 g/mol. The van der Waals surface area contributed by atoms with E-state index in [0.29, 0.717) is 21.8 Å². The van der Waals surface area contributed by atoms with Gasteiger partial charge in [-0.2, -0.15) is 0 Å². The minimum atomic E-state index is 0.139. The van der Waals surface area contributed by atoms with Crippen LogP contribution in [0.4, 0.5) is 5.69 Å². The van der Waals surface area contributed by atoms with Crippen LogP contribution in [0, 0.1) is 12.8 Å². The molecule has 0 heterocycles. The van der Waals surface area contributed by atoms with Gasteiger partial charge in [0.25, 0.3) is 0 Å². The predicted molar refractivity (Wildman–Crippen MR) is 106 cm³/mol. The molecule has 0 spiro atoms. The van der Waals surface area contributed by atoms with Crippen LogP contribution in [0.25, 0.3) is 0 Å². The number of methoxy groups -OCH3 is 1. The molecule has 2 rings (SSSR count). The molecular weight excluding hydrogens is 340 g/mol. The van der Waals surface area contributed by atoms with Gasteiger partial charge in [-0.25, -0.2) is 0 Å². The molecule has 128 valence electrons. The molecule has 2 aromatic rings. The van der Waals surface area contributed by atoms with Crippen molar-refractivity contribution >= 4 is 34.6 Å². The van der Waals surface area contributed by atoms with Crippen molar-refractivity contribution in [3.05, 3.63) is 58.6 Å². The first kappa shape index (κ1) is 18.6. The molecule has 0 fully saturated rings. The molecule has 0 bridgehead atoms. The van der Waals surface area contributed by atoms with Gasteiger partial charge in [-0.1, -0.05) is 49.7 Å². The van der Waals surface area contributed by atoms with E-state index >= 15 is 0 Å². The lowest BCUT2D eigenvalue weighted by molar-refractivity contribution is 0.415. The fourth-order valence-corrected chi connectivity index (χ4v) is 3.09. The van der Waals surface area contributed by atoms with Crippen LogP contribution in [0.3, 0.4) is 0 Å². The highest BCUT2D eigenvalue weighted by Gasteiger charge is 2.18. The van der Waals surface area contributed by atoms with Gasteiger partial charge in [0.1, 0.15) is 5.75 Å². The Bertz CT molecular complexity index is 718. The minimum Gasteiger partial charge on any atom is -0.495 e. The van der Waals surface area contributed by atoms with Gasteiger partial charge >= 0.3 is 0 Å². The third-order valence-electron chi connectivity index (χ3n) is 3.89. The smallest absolute Gasteiger partial charge is 0.171 e. The minimum absolute atomic E-state index is 0.139. The lowest BCUT2D eigenvalue weighted by atomic mass is 9.93. The summed E-state index contributed by atoms with van der Waals surface area (Å²) in [7, 11) is 1.59. The fraction of sp³-hybridized carbons (Fsp3) is 0.316. The van der Waals surface area contributed by atoms with Gasteiger partial charge in [0, 0.05) is 5.69 Å². The van der Waals surface area contributed by atoms with Crippen molar-refractivity contribution in [3.63, 3.8) is 0 Å². The van der Waals surface area contributed by atoms with E-state index in [9.17, 15) is 0 Å². The van der Waals surface area contributed by atoms with Crippen molar-refractivity contribution in [2.24, 2.45) is 5.92 Å². The maximum Gasteiger partial charge on any atom is 0.171 e. The molecule has 2 N–H and O–H groups in total. The Morgan fingerprint density at radius 3 is 2.46 bits per heavy atom. The van der Waals surface area contributed by atoms with Crippen LogP contribution >= 0.6 is 23.8 Å². The maximum atomic E-state index is 6.16. The summed E-state index contributed by atoms with van der Waals surface area (Å²) in [4.78, 5) is 0. The Labute approximate surface area is 154 Å². The van der Waals surface area contributed by atoms with Crippen molar-refractivity contribution in [1.82, 2.24) is 5.32 Å². The molecule has 0 unspecified atom stereocenters. The van der Waals surface area contributed by atoms with Crippen LogP contribution in [-0.2, 0) is 0 Å². The van der Waals surface area contributed by atoms with E-state index in [-0.39, 0.29) is 6.04 Å². The number of hydrogen-bond acceptors (Lipinski definition) is 2. The summed E-state index contributed by atoms with van der Waals surface area (Å²) in [5, 5.41) is 7.72. The average molecular weight is 363 g/mol. The normalized spacial score (nSPS) is 11.9. The third-order valence-corrected chi connectivity index (χ3v) is 4.40. The summed E-state index contributed by atoms with van der Waals surface area (Å²) in [6.45, 7) is 6.47. The van der Waals surface area contributed by atoms with Gasteiger partial charge in [-0.3, -0.25) is 0 Å². The summed E-state index contributed by atoms with van der Waals surface area (Å²) in [6.07, 6.45) is 0. The molecule has 2 aromatic carbocycles. The van der Waals surface area contributed by atoms with Gasteiger partial charge in [0.2, 0.25) is 0 Å². The molecule has 0 aliphatic carbocycles. The molecular formula is C19H23ClN2OS. The number of anilines is 1. The molecule has 0 amide bonds. The Balaban J connectivity index is 2.11. The van der Waals surface area contributed by atoms with Crippen molar-refractivity contribution in [2.75, 3.05) is 12.4 Å². The maximum absolute atomic E-state index is 6.16. The van der Waals surface area contributed by atoms with Crippen LogP contribution in [0.1, 0.15) is 31.0 Å². The number of hydrogen-bond donors (Lipinski definition) is 2. The number of ether oxygens (including phenoxy) is 1. The van der Waals surface area contributed by atoms with Crippen LogP contribution in [0.2, 0.25) is 5.02 Å². The molecule has 5 heteroatoms. The molecule has 0 aliphatic rings. The van der Waals surface area contributed by atoms with Crippen LogP contribution in [0.5, 0.6) is 5.75 Å². The molecule has 3 nitrogen and oxygen atoms in total. The van der Waals surface area contributed by atoms with E-state index in [1.165, 1.54) is 11.1 Å². The molecule has 1 atom stereocenters. The lowest BCUT2D eigenvalue weighted by Crippen LogP contribution is -2.35. The molecule has 0 radical (unpaired) electrons. The zero-order chi connectivity index (χ0) is 17.7. The van der Waals surface area contributed by atoms with Gasteiger partial charge in [0.05, 0.1) is 18.2 Å². The molecule has 0 aliphatic heterocycles. The Morgan fingerprint density at radius 2 is 1.88 bits per heavy atom. The second-order valence-electron chi connectivity index (χ2n) is 6.03. The van der Waals surface area contributed by atoms with E-state index < -0.39 is 0 Å². The van der Waals surface area contributed by atoms with Crippen LogP contribution in [0.15, 0.2) is 42.5 Å². The van der Waals surface area contributed by atoms with E-state index in [0.717, 1.165) is 5.69 Å².